The highest BCUT2D eigenvalue weighted by molar-refractivity contribution is 6.30. The van der Waals surface area contributed by atoms with Crippen molar-refractivity contribution >= 4 is 23.3 Å². The maximum atomic E-state index is 6.55. The van der Waals surface area contributed by atoms with Gasteiger partial charge in [-0.2, -0.15) is 4.99 Å². The Labute approximate surface area is 63.7 Å². The Morgan fingerprint density at radius 2 is 2.30 bits per heavy atom. The molecule has 3 heteroatoms. The lowest BCUT2D eigenvalue weighted by molar-refractivity contribution is 1.49. The minimum absolute atomic E-state index is 0.622. The lowest BCUT2D eigenvalue weighted by Gasteiger charge is -1.89. The van der Waals surface area contributed by atoms with E-state index in [0.717, 1.165) is 0 Å². The number of halogens is 1. The molecule has 1 aromatic carbocycles. The van der Waals surface area contributed by atoms with Crippen LogP contribution in [0.3, 0.4) is 0 Å². The zero-order valence-electron chi connectivity index (χ0n) is 5.13. The van der Waals surface area contributed by atoms with E-state index in [1.54, 1.807) is 24.3 Å². The smallest absolute Gasteiger partial charge is 0.0918 e. The van der Waals surface area contributed by atoms with Gasteiger partial charge in [0.1, 0.15) is 0 Å². The van der Waals surface area contributed by atoms with Crippen molar-refractivity contribution in [2.45, 2.75) is 0 Å². The third-order valence-electron chi connectivity index (χ3n) is 0.993. The van der Waals surface area contributed by atoms with E-state index in [2.05, 4.69) is 4.99 Å². The summed E-state index contributed by atoms with van der Waals surface area (Å²) >= 11 is 5.63. The van der Waals surface area contributed by atoms with Gasteiger partial charge in [-0.25, -0.2) is 5.41 Å². The fourth-order valence-electron chi connectivity index (χ4n) is 0.610. The van der Waals surface area contributed by atoms with Gasteiger partial charge in [-0.3, -0.25) is 0 Å². The summed E-state index contributed by atoms with van der Waals surface area (Å²) in [6.07, 6.45) is 0. The van der Waals surface area contributed by atoms with Crippen LogP contribution >= 0.6 is 11.6 Å². The van der Waals surface area contributed by atoms with Crippen LogP contribution in [0.4, 0.5) is 5.69 Å². The minimum atomic E-state index is 0.622. The van der Waals surface area contributed by atoms with E-state index in [4.69, 9.17) is 17.0 Å². The first-order valence-corrected chi connectivity index (χ1v) is 3.09. The summed E-state index contributed by atoms with van der Waals surface area (Å²) in [6, 6.07) is 8.89. The lowest BCUT2D eigenvalue weighted by atomic mass is 10.3. The van der Waals surface area contributed by atoms with Gasteiger partial charge in [0.2, 0.25) is 0 Å². The predicted molar refractivity (Wildman–Crippen MR) is 41.3 cm³/mol. The van der Waals surface area contributed by atoms with Gasteiger partial charge in [0.25, 0.3) is 0 Å². The van der Waals surface area contributed by atoms with E-state index >= 15 is 0 Å². The highest BCUT2D eigenvalue weighted by atomic mass is 35.5. The molecule has 1 N–H and O–H groups in total. The van der Waals surface area contributed by atoms with Gasteiger partial charge in [0, 0.05) is 5.02 Å². The normalized spacial score (nSPS) is 8.50. The van der Waals surface area contributed by atoms with Gasteiger partial charge in [-0.15, -0.1) is 0 Å². The minimum Gasteiger partial charge on any atom is -0.241 e. The second kappa shape index (κ2) is 3.16. The molecule has 0 atom stereocenters. The van der Waals surface area contributed by atoms with Gasteiger partial charge < -0.3 is 0 Å². The van der Waals surface area contributed by atoms with Crippen LogP contribution < -0.4 is 0 Å². The molecule has 0 spiro atoms. The Morgan fingerprint density at radius 1 is 1.50 bits per heavy atom. The summed E-state index contributed by atoms with van der Waals surface area (Å²) < 4.78 is 0. The van der Waals surface area contributed by atoms with Crippen LogP contribution in [0.1, 0.15) is 0 Å². The average Bonchev–Trinajstić information content (AvgIpc) is 1.88. The summed E-state index contributed by atoms with van der Waals surface area (Å²) in [5, 5.41) is 7.17. The molecule has 0 amide bonds. The number of rotatable bonds is 1. The molecule has 10 heavy (non-hydrogen) atoms. The number of hydrogen-bond donors (Lipinski definition) is 1. The van der Waals surface area contributed by atoms with Gasteiger partial charge in [0.15, 0.2) is 0 Å². The number of aliphatic imine (C=N–C) groups is 1. The van der Waals surface area contributed by atoms with E-state index in [9.17, 15) is 0 Å². The highest BCUT2D eigenvalue weighted by Gasteiger charge is 1.87. The van der Waals surface area contributed by atoms with E-state index < -0.39 is 0 Å². The average molecular weight is 153 g/mol. The third-order valence-corrected chi connectivity index (χ3v) is 1.23. The topological polar surface area (TPSA) is 36.2 Å². The first kappa shape index (κ1) is 7.00. The second-order valence-corrected chi connectivity index (χ2v) is 2.14. The maximum Gasteiger partial charge on any atom is 0.0918 e. The molecule has 0 fully saturated rings. The first-order valence-electron chi connectivity index (χ1n) is 2.71. The molecule has 0 saturated heterocycles. The SMILES string of the molecule is N=C=Nc1cccc(Cl)c1. The molecule has 0 aliphatic rings. The summed E-state index contributed by atoms with van der Waals surface area (Å²) in [6.45, 7) is 0. The standard InChI is InChI=1S/C7H5ClN2/c8-6-2-1-3-7(4-6)10-5-9/h1-4,9H. The molecule has 0 aliphatic heterocycles. The Kier molecular flexibility index (Phi) is 2.21. The lowest BCUT2D eigenvalue weighted by Crippen LogP contribution is -1.63. The Morgan fingerprint density at radius 3 is 2.90 bits per heavy atom. The van der Waals surface area contributed by atoms with Gasteiger partial charge >= 0.3 is 0 Å². The van der Waals surface area contributed by atoms with Crippen molar-refractivity contribution in [3.63, 3.8) is 0 Å². The van der Waals surface area contributed by atoms with Crippen molar-refractivity contribution in [1.29, 1.82) is 5.41 Å². The molecule has 0 heterocycles. The summed E-state index contributed by atoms with van der Waals surface area (Å²) in [5.74, 6) is 0. The fraction of sp³-hybridized carbons (Fsp3) is 0. The molecule has 1 rings (SSSR count). The maximum absolute atomic E-state index is 6.55. The van der Waals surface area contributed by atoms with Crippen LogP contribution in [0.5, 0.6) is 0 Å². The van der Waals surface area contributed by atoms with E-state index in [-0.39, 0.29) is 0 Å². The number of nitrogens with one attached hydrogen (secondary N) is 1. The van der Waals surface area contributed by atoms with Crippen LogP contribution in [0.2, 0.25) is 5.02 Å². The number of benzene rings is 1. The molecule has 50 valence electrons. The fourth-order valence-corrected chi connectivity index (χ4v) is 0.795. The van der Waals surface area contributed by atoms with Crippen LogP contribution in [-0.4, -0.2) is 6.01 Å². The Bertz CT molecular complexity index is 277. The second-order valence-electron chi connectivity index (χ2n) is 1.70. The molecule has 0 bridgehead atoms. The van der Waals surface area contributed by atoms with Crippen LogP contribution in [0.25, 0.3) is 0 Å². The van der Waals surface area contributed by atoms with Gasteiger partial charge in [0.05, 0.1) is 11.7 Å². The first-order chi connectivity index (χ1) is 4.83. The summed E-state index contributed by atoms with van der Waals surface area (Å²) in [4.78, 5) is 3.60. The zero-order chi connectivity index (χ0) is 7.40. The molecule has 0 unspecified atom stereocenters. The quantitative estimate of drug-likeness (QED) is 0.601. The van der Waals surface area contributed by atoms with Gasteiger partial charge in [-0.05, 0) is 18.2 Å². The van der Waals surface area contributed by atoms with Crippen LogP contribution in [-0.2, 0) is 0 Å². The molecular formula is C7H5ClN2. The van der Waals surface area contributed by atoms with Gasteiger partial charge in [-0.1, -0.05) is 17.7 Å². The predicted octanol–water partition coefficient (Wildman–Crippen LogP) is 2.72. The number of nitrogens with zero attached hydrogens (tertiary/aromatic N) is 1. The highest BCUT2D eigenvalue weighted by Crippen LogP contribution is 2.16. The molecule has 0 radical (unpaired) electrons. The van der Waals surface area contributed by atoms with Crippen molar-refractivity contribution in [1.82, 2.24) is 0 Å². The van der Waals surface area contributed by atoms with Crippen molar-refractivity contribution in [2.75, 3.05) is 0 Å². The Balaban J connectivity index is 3.06. The van der Waals surface area contributed by atoms with Crippen molar-refractivity contribution in [3.05, 3.63) is 29.3 Å². The van der Waals surface area contributed by atoms with Crippen LogP contribution in [0, 0.1) is 5.41 Å². The monoisotopic (exact) mass is 152 g/mol. The summed E-state index contributed by atoms with van der Waals surface area (Å²) in [7, 11) is 0. The molecule has 1 aromatic rings. The molecule has 0 saturated carbocycles. The van der Waals surface area contributed by atoms with Crippen molar-refractivity contribution in [3.8, 4) is 0 Å². The Hall–Kier alpha value is -1.11. The van der Waals surface area contributed by atoms with Crippen molar-refractivity contribution < 1.29 is 0 Å². The molecule has 2 nitrogen and oxygen atoms in total. The molecule has 0 aromatic heterocycles. The van der Waals surface area contributed by atoms with E-state index in [1.807, 2.05) is 6.01 Å². The molecular weight excluding hydrogens is 148 g/mol. The van der Waals surface area contributed by atoms with E-state index in [1.165, 1.54) is 0 Å². The third kappa shape index (κ3) is 1.69. The zero-order valence-corrected chi connectivity index (χ0v) is 5.89. The molecule has 0 aliphatic carbocycles. The van der Waals surface area contributed by atoms with Crippen molar-refractivity contribution in [2.24, 2.45) is 4.99 Å². The van der Waals surface area contributed by atoms with E-state index in [0.29, 0.717) is 10.7 Å². The number of hydrogen-bond acceptors (Lipinski definition) is 2. The summed E-state index contributed by atoms with van der Waals surface area (Å²) in [5.41, 5.74) is 0.655. The van der Waals surface area contributed by atoms with Crippen LogP contribution in [0.15, 0.2) is 29.3 Å². The largest absolute Gasteiger partial charge is 0.241 e.